The zero-order valence-electron chi connectivity index (χ0n) is 12.5. The van der Waals surface area contributed by atoms with Crippen molar-refractivity contribution in [3.8, 4) is 11.5 Å². The van der Waals surface area contributed by atoms with Gasteiger partial charge in [0.2, 0.25) is 0 Å². The zero-order valence-corrected chi connectivity index (χ0v) is 12.5. The molecule has 0 aromatic heterocycles. The Morgan fingerprint density at radius 2 is 1.55 bits per heavy atom. The molecule has 2 rings (SSSR count). The normalized spacial score (nSPS) is 10.1. The summed E-state index contributed by atoms with van der Waals surface area (Å²) in [7, 11) is 0. The first-order valence-electron chi connectivity index (χ1n) is 7.00. The van der Waals surface area contributed by atoms with Gasteiger partial charge in [0.25, 0.3) is 0 Å². The summed E-state index contributed by atoms with van der Waals surface area (Å²) >= 11 is 0. The van der Waals surface area contributed by atoms with E-state index in [-0.39, 0.29) is 6.04 Å². The molecule has 2 amide bonds. The van der Waals surface area contributed by atoms with Gasteiger partial charge >= 0.3 is 11.8 Å². The first-order chi connectivity index (χ1) is 10.6. The third-order valence-corrected chi connectivity index (χ3v) is 2.73. The minimum absolute atomic E-state index is 0.103. The fourth-order valence-electron chi connectivity index (χ4n) is 1.78. The van der Waals surface area contributed by atoms with Crippen LogP contribution in [0.1, 0.15) is 13.8 Å². The fraction of sp³-hybridized carbons (Fsp3) is 0.176. The maximum Gasteiger partial charge on any atom is 0.313 e. The van der Waals surface area contributed by atoms with Gasteiger partial charge in [0.1, 0.15) is 5.75 Å². The van der Waals surface area contributed by atoms with Crippen molar-refractivity contribution >= 4 is 17.5 Å². The van der Waals surface area contributed by atoms with Crippen molar-refractivity contribution in [3.05, 3.63) is 54.6 Å². The summed E-state index contributed by atoms with van der Waals surface area (Å²) in [6.07, 6.45) is 0. The number of carbonyl (C=O) groups is 2. The highest BCUT2D eigenvalue weighted by atomic mass is 16.5. The van der Waals surface area contributed by atoms with Crippen LogP contribution in [0.4, 0.5) is 5.69 Å². The molecule has 0 aliphatic heterocycles. The van der Waals surface area contributed by atoms with Gasteiger partial charge in [-0.2, -0.15) is 0 Å². The van der Waals surface area contributed by atoms with Crippen molar-refractivity contribution in [1.29, 1.82) is 0 Å². The lowest BCUT2D eigenvalue weighted by Gasteiger charge is -2.13. The zero-order chi connectivity index (χ0) is 15.9. The highest BCUT2D eigenvalue weighted by Gasteiger charge is 2.16. The largest absolute Gasteiger partial charge is 0.455 e. The molecule has 0 heterocycles. The second-order valence-corrected chi connectivity index (χ2v) is 4.99. The Kier molecular flexibility index (Phi) is 5.14. The molecule has 0 fully saturated rings. The van der Waals surface area contributed by atoms with Gasteiger partial charge in [-0.25, -0.2) is 0 Å². The molecule has 0 aliphatic rings. The van der Waals surface area contributed by atoms with Crippen LogP contribution < -0.4 is 15.4 Å². The van der Waals surface area contributed by atoms with Gasteiger partial charge in [0.05, 0.1) is 5.69 Å². The minimum atomic E-state index is -0.724. The number of carbonyl (C=O) groups excluding carboxylic acids is 2. The molecule has 0 saturated heterocycles. The highest BCUT2D eigenvalue weighted by molar-refractivity contribution is 6.39. The van der Waals surface area contributed by atoms with Crippen LogP contribution >= 0.6 is 0 Å². The average molecular weight is 298 g/mol. The van der Waals surface area contributed by atoms with Crippen LogP contribution in [0.2, 0.25) is 0 Å². The lowest BCUT2D eigenvalue weighted by molar-refractivity contribution is -0.136. The van der Waals surface area contributed by atoms with Gasteiger partial charge in [0.15, 0.2) is 5.75 Å². The van der Waals surface area contributed by atoms with Crippen LogP contribution in [0.5, 0.6) is 11.5 Å². The average Bonchev–Trinajstić information content (AvgIpc) is 2.49. The quantitative estimate of drug-likeness (QED) is 0.853. The molecule has 0 atom stereocenters. The number of para-hydroxylation sites is 3. The molecule has 2 aromatic rings. The van der Waals surface area contributed by atoms with Gasteiger partial charge in [-0.15, -0.1) is 0 Å². The van der Waals surface area contributed by atoms with Crippen molar-refractivity contribution in [1.82, 2.24) is 5.32 Å². The molecular formula is C17H18N2O3. The topological polar surface area (TPSA) is 67.4 Å². The van der Waals surface area contributed by atoms with Gasteiger partial charge in [-0.1, -0.05) is 30.3 Å². The Labute approximate surface area is 129 Å². The van der Waals surface area contributed by atoms with Gasteiger partial charge < -0.3 is 15.4 Å². The third-order valence-electron chi connectivity index (χ3n) is 2.73. The molecule has 0 bridgehead atoms. The summed E-state index contributed by atoms with van der Waals surface area (Å²) in [6, 6.07) is 16.1. The standard InChI is InChI=1S/C17H18N2O3/c1-12(2)18-16(20)17(21)19-14-10-6-7-11-15(14)22-13-8-4-3-5-9-13/h3-12H,1-2H3,(H,18,20)(H,19,21). The summed E-state index contributed by atoms with van der Waals surface area (Å²) in [5.74, 6) is -0.280. The third kappa shape index (κ3) is 4.34. The molecule has 0 unspecified atom stereocenters. The van der Waals surface area contributed by atoms with Gasteiger partial charge in [-0.05, 0) is 38.1 Å². The van der Waals surface area contributed by atoms with E-state index in [2.05, 4.69) is 10.6 Å². The SMILES string of the molecule is CC(C)NC(=O)C(=O)Nc1ccccc1Oc1ccccc1. The number of amides is 2. The molecule has 2 aromatic carbocycles. The van der Waals surface area contributed by atoms with Crippen molar-refractivity contribution in [2.75, 3.05) is 5.32 Å². The second-order valence-electron chi connectivity index (χ2n) is 4.99. The number of hydrogen-bond donors (Lipinski definition) is 2. The number of nitrogens with one attached hydrogen (secondary N) is 2. The van der Waals surface area contributed by atoms with Crippen molar-refractivity contribution in [2.45, 2.75) is 19.9 Å². The van der Waals surface area contributed by atoms with E-state index in [0.717, 1.165) is 0 Å². The van der Waals surface area contributed by atoms with Gasteiger partial charge in [-0.3, -0.25) is 9.59 Å². The lowest BCUT2D eigenvalue weighted by Crippen LogP contribution is -2.39. The van der Waals surface area contributed by atoms with E-state index in [1.54, 1.807) is 38.1 Å². The summed E-state index contributed by atoms with van der Waals surface area (Å²) in [6.45, 7) is 3.58. The second kappa shape index (κ2) is 7.26. The summed E-state index contributed by atoms with van der Waals surface area (Å²) < 4.78 is 5.72. The van der Waals surface area contributed by atoms with E-state index in [0.29, 0.717) is 17.2 Å². The van der Waals surface area contributed by atoms with Crippen LogP contribution in [0.15, 0.2) is 54.6 Å². The number of ether oxygens (including phenoxy) is 1. The van der Waals surface area contributed by atoms with E-state index in [4.69, 9.17) is 4.74 Å². The van der Waals surface area contributed by atoms with E-state index in [1.165, 1.54) is 0 Å². The number of rotatable bonds is 4. The van der Waals surface area contributed by atoms with Crippen molar-refractivity contribution in [2.24, 2.45) is 0 Å². The fourth-order valence-corrected chi connectivity index (χ4v) is 1.78. The number of benzene rings is 2. The van der Waals surface area contributed by atoms with Gasteiger partial charge in [0, 0.05) is 6.04 Å². The highest BCUT2D eigenvalue weighted by Crippen LogP contribution is 2.28. The smallest absolute Gasteiger partial charge is 0.313 e. The molecular weight excluding hydrogens is 280 g/mol. The van der Waals surface area contributed by atoms with Crippen molar-refractivity contribution in [3.63, 3.8) is 0 Å². The van der Waals surface area contributed by atoms with E-state index in [9.17, 15) is 9.59 Å². The molecule has 0 saturated carbocycles. The van der Waals surface area contributed by atoms with Crippen LogP contribution in [-0.2, 0) is 9.59 Å². The predicted octanol–water partition coefficient (Wildman–Crippen LogP) is 2.94. The molecule has 0 radical (unpaired) electrons. The van der Waals surface area contributed by atoms with Crippen LogP contribution in [0.3, 0.4) is 0 Å². The van der Waals surface area contributed by atoms with Crippen LogP contribution in [0, 0.1) is 0 Å². The predicted molar refractivity (Wildman–Crippen MR) is 84.9 cm³/mol. The van der Waals surface area contributed by atoms with Crippen LogP contribution in [-0.4, -0.2) is 17.9 Å². The molecule has 5 heteroatoms. The summed E-state index contributed by atoms with van der Waals surface area (Å²) in [4.78, 5) is 23.5. The Bertz CT molecular complexity index is 654. The molecule has 22 heavy (non-hydrogen) atoms. The lowest BCUT2D eigenvalue weighted by atomic mass is 10.2. The van der Waals surface area contributed by atoms with E-state index >= 15 is 0 Å². The van der Waals surface area contributed by atoms with Crippen LogP contribution in [0.25, 0.3) is 0 Å². The monoisotopic (exact) mass is 298 g/mol. The Morgan fingerprint density at radius 1 is 0.909 bits per heavy atom. The minimum Gasteiger partial charge on any atom is -0.455 e. The Balaban J connectivity index is 2.11. The first-order valence-corrected chi connectivity index (χ1v) is 7.00. The maximum atomic E-state index is 11.9. The van der Waals surface area contributed by atoms with E-state index in [1.807, 2.05) is 30.3 Å². The van der Waals surface area contributed by atoms with Crippen molar-refractivity contribution < 1.29 is 14.3 Å². The van der Waals surface area contributed by atoms with E-state index < -0.39 is 11.8 Å². The molecule has 2 N–H and O–H groups in total. The molecule has 0 aliphatic carbocycles. The maximum absolute atomic E-state index is 11.9. The summed E-state index contributed by atoms with van der Waals surface area (Å²) in [5, 5.41) is 5.10. The number of anilines is 1. The Hall–Kier alpha value is -2.82. The molecule has 114 valence electrons. The molecule has 0 spiro atoms. The molecule has 5 nitrogen and oxygen atoms in total. The number of hydrogen-bond acceptors (Lipinski definition) is 3. The summed E-state index contributed by atoms with van der Waals surface area (Å²) in [5.41, 5.74) is 0.440. The Morgan fingerprint density at radius 3 is 2.23 bits per heavy atom. The first kappa shape index (κ1) is 15.6.